The van der Waals surface area contributed by atoms with E-state index >= 15 is 0 Å². The molecule has 2 atom stereocenters. The van der Waals surface area contributed by atoms with Gasteiger partial charge in [-0.25, -0.2) is 11.4 Å². The summed E-state index contributed by atoms with van der Waals surface area (Å²) in [4.78, 5) is 63.2. The van der Waals surface area contributed by atoms with E-state index in [1.807, 2.05) is 72.8 Å². The zero-order valence-electron chi connectivity index (χ0n) is 25.2. The maximum absolute atomic E-state index is 14.0. The second kappa shape index (κ2) is 13.3. The highest BCUT2D eigenvalue weighted by Gasteiger charge is 2.67. The van der Waals surface area contributed by atoms with Gasteiger partial charge in [0.15, 0.2) is 18.8 Å². The van der Waals surface area contributed by atoms with Crippen molar-refractivity contribution >= 4 is 23.8 Å². The standard InChI is InChI=1S/C37H30N2O8/c1-38-36(24-31(41)45-32(26-14-6-2-7-15-26)27-16-8-3-9-17-27)25-44-39(34(36)42)37(23-22-30(40)47-37)35(43)46-33(28-18-10-4-11-19-28)29-20-12-5-13-21-29/h2-21,32-33H,22-25H2. The maximum atomic E-state index is 14.0. The zero-order valence-corrected chi connectivity index (χ0v) is 25.2. The van der Waals surface area contributed by atoms with Gasteiger partial charge in [-0.1, -0.05) is 121 Å². The Morgan fingerprint density at radius 1 is 0.745 bits per heavy atom. The van der Waals surface area contributed by atoms with Crippen LogP contribution in [0.4, 0.5) is 0 Å². The van der Waals surface area contributed by atoms with Crippen LogP contribution in [0.5, 0.6) is 0 Å². The number of cyclic esters (lactones) is 1. The molecule has 236 valence electrons. The van der Waals surface area contributed by atoms with Gasteiger partial charge < -0.3 is 14.2 Å². The summed E-state index contributed by atoms with van der Waals surface area (Å²) in [6, 6.07) is 36.1. The van der Waals surface area contributed by atoms with Crippen LogP contribution < -0.4 is 0 Å². The Balaban J connectivity index is 1.26. The minimum absolute atomic E-state index is 0.202. The van der Waals surface area contributed by atoms with Crippen LogP contribution in [0.25, 0.3) is 4.85 Å². The summed E-state index contributed by atoms with van der Waals surface area (Å²) in [5.41, 5.74) is -1.69. The van der Waals surface area contributed by atoms with Crippen molar-refractivity contribution in [3.8, 4) is 0 Å². The lowest BCUT2D eigenvalue weighted by atomic mass is 9.95. The fourth-order valence-corrected chi connectivity index (χ4v) is 5.71. The molecular weight excluding hydrogens is 600 g/mol. The van der Waals surface area contributed by atoms with Crippen LogP contribution in [0.2, 0.25) is 0 Å². The summed E-state index contributed by atoms with van der Waals surface area (Å²) in [6.45, 7) is 7.39. The molecule has 4 aromatic carbocycles. The molecule has 2 aliphatic rings. The highest BCUT2D eigenvalue weighted by molar-refractivity contribution is 5.98. The van der Waals surface area contributed by atoms with Crippen molar-refractivity contribution in [1.82, 2.24) is 5.06 Å². The normalized spacial score (nSPS) is 20.6. The number of hydroxylamine groups is 2. The van der Waals surface area contributed by atoms with Crippen LogP contribution in [-0.4, -0.2) is 46.7 Å². The van der Waals surface area contributed by atoms with E-state index in [1.54, 1.807) is 48.5 Å². The molecule has 0 bridgehead atoms. The number of hydrogen-bond donors (Lipinski definition) is 0. The fourth-order valence-electron chi connectivity index (χ4n) is 5.71. The average molecular weight is 631 g/mol. The number of nitrogens with zero attached hydrogens (tertiary/aromatic N) is 2. The minimum atomic E-state index is -2.30. The monoisotopic (exact) mass is 630 g/mol. The molecule has 0 aromatic heterocycles. The van der Waals surface area contributed by atoms with Gasteiger partial charge in [-0.05, 0) is 22.3 Å². The third-order valence-electron chi connectivity index (χ3n) is 8.15. The van der Waals surface area contributed by atoms with Crippen LogP contribution in [0.3, 0.4) is 0 Å². The van der Waals surface area contributed by atoms with Gasteiger partial charge in [-0.2, -0.15) is 5.06 Å². The van der Waals surface area contributed by atoms with Gasteiger partial charge in [0, 0.05) is 6.42 Å². The third kappa shape index (κ3) is 6.21. The number of benzene rings is 4. The zero-order chi connectivity index (χ0) is 32.9. The van der Waals surface area contributed by atoms with Crippen molar-refractivity contribution in [2.75, 3.05) is 6.61 Å². The first-order chi connectivity index (χ1) is 22.8. The summed E-state index contributed by atoms with van der Waals surface area (Å²) in [7, 11) is 0. The molecule has 0 aliphatic carbocycles. The number of ether oxygens (including phenoxy) is 3. The summed E-state index contributed by atoms with van der Waals surface area (Å²) in [6.07, 6.45) is -2.85. The van der Waals surface area contributed by atoms with Crippen LogP contribution in [0.1, 0.15) is 53.7 Å². The van der Waals surface area contributed by atoms with Crippen molar-refractivity contribution in [2.45, 2.75) is 42.7 Å². The van der Waals surface area contributed by atoms with E-state index in [4.69, 9.17) is 25.6 Å². The van der Waals surface area contributed by atoms with Crippen LogP contribution >= 0.6 is 0 Å². The predicted octanol–water partition coefficient (Wildman–Crippen LogP) is 5.51. The van der Waals surface area contributed by atoms with Crippen molar-refractivity contribution in [3.63, 3.8) is 0 Å². The smallest absolute Gasteiger partial charge is 0.376 e. The van der Waals surface area contributed by atoms with E-state index < -0.39 is 60.3 Å². The van der Waals surface area contributed by atoms with Crippen molar-refractivity contribution in [1.29, 1.82) is 0 Å². The van der Waals surface area contributed by atoms with E-state index in [9.17, 15) is 19.2 Å². The topological polar surface area (TPSA) is 113 Å². The van der Waals surface area contributed by atoms with Gasteiger partial charge in [0.1, 0.15) is 6.42 Å². The minimum Gasteiger partial charge on any atom is -0.452 e. The number of hydrogen-bond acceptors (Lipinski definition) is 8. The molecule has 4 aromatic rings. The number of carbonyl (C=O) groups excluding carboxylic acids is 4. The Morgan fingerprint density at radius 3 is 1.60 bits per heavy atom. The van der Waals surface area contributed by atoms with Gasteiger partial charge in [0.05, 0.1) is 6.42 Å². The summed E-state index contributed by atoms with van der Waals surface area (Å²) in [5.74, 6) is -3.64. The molecule has 1 amide bonds. The molecule has 47 heavy (non-hydrogen) atoms. The van der Waals surface area contributed by atoms with Gasteiger partial charge in [0.25, 0.3) is 0 Å². The van der Waals surface area contributed by atoms with E-state index in [0.717, 1.165) is 0 Å². The summed E-state index contributed by atoms with van der Waals surface area (Å²) < 4.78 is 17.4. The molecule has 2 aliphatic heterocycles. The SMILES string of the molecule is [C-]#[N+]C1(CC(=O)OC(c2ccccc2)c2ccccc2)CON(C2(C(=O)OC(c3ccccc3)c3ccccc3)CCC(=O)O2)C1=O. The van der Waals surface area contributed by atoms with E-state index in [2.05, 4.69) is 4.85 Å². The molecule has 0 spiro atoms. The van der Waals surface area contributed by atoms with E-state index in [1.165, 1.54) is 0 Å². The van der Waals surface area contributed by atoms with Gasteiger partial charge in [-0.3, -0.25) is 24.1 Å². The lowest BCUT2D eigenvalue weighted by Gasteiger charge is -2.33. The molecule has 2 unspecified atom stereocenters. The molecule has 10 heteroatoms. The molecule has 6 rings (SSSR count). The Kier molecular flexibility index (Phi) is 8.82. The second-order valence-electron chi connectivity index (χ2n) is 11.2. The Hall–Kier alpha value is -5.79. The molecule has 2 fully saturated rings. The summed E-state index contributed by atoms with van der Waals surface area (Å²) >= 11 is 0. The quantitative estimate of drug-likeness (QED) is 0.128. The average Bonchev–Trinajstić information content (AvgIpc) is 3.67. The van der Waals surface area contributed by atoms with E-state index in [-0.39, 0.29) is 12.8 Å². The second-order valence-corrected chi connectivity index (χ2v) is 11.2. The maximum Gasteiger partial charge on any atom is 0.376 e. The lowest BCUT2D eigenvalue weighted by Crippen LogP contribution is -2.57. The first-order valence-electron chi connectivity index (χ1n) is 15.0. The molecule has 2 saturated heterocycles. The van der Waals surface area contributed by atoms with Gasteiger partial charge in [0.2, 0.25) is 0 Å². The summed E-state index contributed by atoms with van der Waals surface area (Å²) in [5, 5.41) is 0.602. The Bertz CT molecular complexity index is 1720. The molecule has 0 N–H and O–H groups in total. The van der Waals surface area contributed by atoms with Crippen LogP contribution in [-0.2, 0) is 38.2 Å². The first kappa shape index (κ1) is 31.2. The van der Waals surface area contributed by atoms with Crippen LogP contribution in [0.15, 0.2) is 121 Å². The third-order valence-corrected chi connectivity index (χ3v) is 8.15. The number of esters is 3. The largest absolute Gasteiger partial charge is 0.452 e. The van der Waals surface area contributed by atoms with E-state index in [0.29, 0.717) is 27.3 Å². The molecule has 0 saturated carbocycles. The molecule has 0 radical (unpaired) electrons. The molecule has 10 nitrogen and oxygen atoms in total. The number of carbonyl (C=O) groups is 4. The first-order valence-corrected chi connectivity index (χ1v) is 15.0. The Morgan fingerprint density at radius 2 is 1.19 bits per heavy atom. The lowest BCUT2D eigenvalue weighted by molar-refractivity contribution is -0.260. The van der Waals surface area contributed by atoms with Gasteiger partial charge in [-0.15, -0.1) is 0 Å². The fraction of sp³-hybridized carbons (Fsp3) is 0.216. The highest BCUT2D eigenvalue weighted by atomic mass is 16.8. The van der Waals surface area contributed by atoms with Crippen molar-refractivity contribution in [2.24, 2.45) is 0 Å². The van der Waals surface area contributed by atoms with Crippen LogP contribution in [0, 0.1) is 6.57 Å². The molecule has 2 heterocycles. The number of rotatable bonds is 10. The number of amides is 1. The Labute approximate surface area is 271 Å². The van der Waals surface area contributed by atoms with Crippen molar-refractivity contribution in [3.05, 3.63) is 155 Å². The predicted molar refractivity (Wildman–Crippen MR) is 166 cm³/mol. The molecular formula is C37H30N2O8. The highest BCUT2D eigenvalue weighted by Crippen LogP contribution is 2.41. The van der Waals surface area contributed by atoms with Crippen molar-refractivity contribution < 1.29 is 38.2 Å². The van der Waals surface area contributed by atoms with Gasteiger partial charge >= 0.3 is 35.1 Å².